The summed E-state index contributed by atoms with van der Waals surface area (Å²) in [4.78, 5) is 20.5. The van der Waals surface area contributed by atoms with Crippen LogP contribution >= 0.6 is 0 Å². The Hall–Kier alpha value is -1.10. The molecule has 0 heterocycles. The Kier molecular flexibility index (Phi) is 28.6. The number of aliphatic hydroxyl groups excluding tert-OH is 1. The molecule has 0 spiro atoms. The maximum atomic E-state index is 12.0. The second kappa shape index (κ2) is 29.5. The Morgan fingerprint density at radius 2 is 0.973 bits per heavy atom. The van der Waals surface area contributed by atoms with E-state index in [0.717, 1.165) is 32.1 Å². The largest absolute Gasteiger partial charge is 0.464 e. The SMILES string of the molecule is CCCCCCCCCCCCCCCC(O)=[NH+]CCCN(C)OC(=O)CCCCCCCCCCC. The van der Waals surface area contributed by atoms with Crippen LogP contribution in [-0.4, -0.2) is 42.2 Å². The number of hydrogen-bond donors (Lipinski definition) is 2. The molecule has 0 aromatic carbocycles. The van der Waals surface area contributed by atoms with E-state index in [2.05, 4.69) is 18.8 Å². The van der Waals surface area contributed by atoms with Crippen molar-refractivity contribution in [3.8, 4) is 0 Å². The highest BCUT2D eigenvalue weighted by molar-refractivity contribution is 5.68. The summed E-state index contributed by atoms with van der Waals surface area (Å²) < 4.78 is 0. The second-order valence-electron chi connectivity index (χ2n) is 11.1. The Morgan fingerprint density at radius 3 is 1.41 bits per heavy atom. The van der Waals surface area contributed by atoms with Crippen LogP contribution in [-0.2, 0) is 9.63 Å². The molecule has 5 nitrogen and oxygen atoms in total. The van der Waals surface area contributed by atoms with Crippen LogP contribution in [0.3, 0.4) is 0 Å². The third-order valence-electron chi connectivity index (χ3n) is 7.24. The highest BCUT2D eigenvalue weighted by Crippen LogP contribution is 2.13. The predicted molar refractivity (Wildman–Crippen MR) is 159 cm³/mol. The number of carbonyl (C=O) groups excluding carboxylic acids is 1. The summed E-state index contributed by atoms with van der Waals surface area (Å²) in [6.45, 7) is 5.89. The summed E-state index contributed by atoms with van der Waals surface area (Å²) in [5.41, 5.74) is 0. The third kappa shape index (κ3) is 29.3. The van der Waals surface area contributed by atoms with E-state index in [0.29, 0.717) is 25.4 Å². The summed E-state index contributed by atoms with van der Waals surface area (Å²) in [7, 11) is 1.81. The molecule has 0 aliphatic carbocycles. The number of hydroxylamine groups is 2. The number of carbonyl (C=O) groups is 1. The number of aliphatic hydroxyl groups is 1. The molecular weight excluding hydrogens is 460 g/mol. The minimum atomic E-state index is -0.129. The van der Waals surface area contributed by atoms with Gasteiger partial charge in [-0.2, -0.15) is 0 Å². The number of nitrogens with zero attached hydrogens (tertiary/aromatic N) is 1. The summed E-state index contributed by atoms with van der Waals surface area (Å²) in [5, 5.41) is 11.7. The minimum Gasteiger partial charge on any atom is -0.464 e. The smallest absolute Gasteiger partial charge is 0.332 e. The molecule has 0 aromatic rings. The second-order valence-corrected chi connectivity index (χ2v) is 11.1. The van der Waals surface area contributed by atoms with Crippen molar-refractivity contribution in [1.82, 2.24) is 5.06 Å². The van der Waals surface area contributed by atoms with Gasteiger partial charge >= 0.3 is 11.9 Å². The molecule has 37 heavy (non-hydrogen) atoms. The average Bonchev–Trinajstić information content (AvgIpc) is 2.88. The zero-order valence-electron chi connectivity index (χ0n) is 25.3. The lowest BCUT2D eigenvalue weighted by molar-refractivity contribution is -0.469. The van der Waals surface area contributed by atoms with Crippen LogP contribution in [0, 0.1) is 0 Å². The number of nitrogens with one attached hydrogen (secondary N) is 1. The zero-order chi connectivity index (χ0) is 27.2. The van der Waals surface area contributed by atoms with Crippen LogP contribution in [0.2, 0.25) is 0 Å². The fourth-order valence-electron chi connectivity index (χ4n) is 4.78. The van der Waals surface area contributed by atoms with E-state index >= 15 is 0 Å². The van der Waals surface area contributed by atoms with Crippen LogP contribution in [0.25, 0.3) is 0 Å². The summed E-state index contributed by atoms with van der Waals surface area (Å²) >= 11 is 0. The van der Waals surface area contributed by atoms with E-state index in [1.165, 1.54) is 122 Å². The van der Waals surface area contributed by atoms with E-state index in [-0.39, 0.29) is 5.97 Å². The molecule has 0 fully saturated rings. The Morgan fingerprint density at radius 1 is 0.595 bits per heavy atom. The van der Waals surface area contributed by atoms with Gasteiger partial charge in [-0.05, 0) is 12.8 Å². The van der Waals surface area contributed by atoms with Gasteiger partial charge in [-0.25, -0.2) is 4.99 Å². The van der Waals surface area contributed by atoms with Gasteiger partial charge in [0.25, 0.3) is 0 Å². The van der Waals surface area contributed by atoms with Gasteiger partial charge in [0.15, 0.2) is 0 Å². The van der Waals surface area contributed by atoms with Gasteiger partial charge in [0.2, 0.25) is 0 Å². The van der Waals surface area contributed by atoms with Gasteiger partial charge in [0.1, 0.15) is 6.54 Å². The van der Waals surface area contributed by atoms with Crippen LogP contribution in [0.15, 0.2) is 0 Å². The molecule has 2 N–H and O–H groups in total. The molecule has 0 aliphatic rings. The molecule has 0 atom stereocenters. The summed E-state index contributed by atoms with van der Waals surface area (Å²) in [6, 6.07) is 0. The van der Waals surface area contributed by atoms with Crippen molar-refractivity contribution < 1.29 is 19.7 Å². The molecule has 0 radical (unpaired) electrons. The van der Waals surface area contributed by atoms with Crippen molar-refractivity contribution in [1.29, 1.82) is 0 Å². The van der Waals surface area contributed by atoms with E-state index in [9.17, 15) is 9.90 Å². The van der Waals surface area contributed by atoms with Crippen LogP contribution < -0.4 is 4.99 Å². The first-order valence-electron chi connectivity index (χ1n) is 16.3. The molecular formula is C32H65N2O3+. The fraction of sp³-hybridized carbons (Fsp3) is 0.938. The molecule has 220 valence electrons. The fourth-order valence-corrected chi connectivity index (χ4v) is 4.78. The minimum absolute atomic E-state index is 0.129. The molecule has 0 rings (SSSR count). The quantitative estimate of drug-likeness (QED) is 0.0447. The van der Waals surface area contributed by atoms with Gasteiger partial charge < -0.3 is 9.94 Å². The van der Waals surface area contributed by atoms with E-state index in [1.807, 2.05) is 7.05 Å². The first kappa shape index (κ1) is 35.9. The molecule has 0 saturated carbocycles. The maximum Gasteiger partial charge on any atom is 0.332 e. The molecule has 5 heteroatoms. The molecule has 0 bridgehead atoms. The van der Waals surface area contributed by atoms with Gasteiger partial charge in [-0.3, -0.25) is 4.79 Å². The normalized spacial score (nSPS) is 11.9. The van der Waals surface area contributed by atoms with E-state index in [1.54, 1.807) is 5.06 Å². The Bertz CT molecular complexity index is 510. The lowest BCUT2D eigenvalue weighted by Crippen LogP contribution is -2.73. The van der Waals surface area contributed by atoms with Crippen LogP contribution in [0.4, 0.5) is 0 Å². The van der Waals surface area contributed by atoms with E-state index in [4.69, 9.17) is 4.84 Å². The van der Waals surface area contributed by atoms with Gasteiger partial charge in [-0.15, -0.1) is 5.06 Å². The molecule has 0 aromatic heterocycles. The lowest BCUT2D eigenvalue weighted by Gasteiger charge is -2.14. The van der Waals surface area contributed by atoms with Gasteiger partial charge in [0, 0.05) is 26.4 Å². The molecule has 0 aliphatic heterocycles. The lowest BCUT2D eigenvalue weighted by atomic mass is 10.0. The third-order valence-corrected chi connectivity index (χ3v) is 7.24. The summed E-state index contributed by atoms with van der Waals surface area (Å²) in [5.74, 6) is 0.267. The first-order valence-corrected chi connectivity index (χ1v) is 16.3. The van der Waals surface area contributed by atoms with Crippen molar-refractivity contribution in [3.63, 3.8) is 0 Å². The summed E-state index contributed by atoms with van der Waals surface area (Å²) in [6.07, 6.45) is 30.7. The van der Waals surface area contributed by atoms with Crippen molar-refractivity contribution in [3.05, 3.63) is 0 Å². The van der Waals surface area contributed by atoms with E-state index < -0.39 is 0 Å². The van der Waals surface area contributed by atoms with Crippen molar-refractivity contribution in [2.75, 3.05) is 20.1 Å². The zero-order valence-corrected chi connectivity index (χ0v) is 25.3. The number of rotatable bonds is 29. The van der Waals surface area contributed by atoms with Crippen LogP contribution in [0.1, 0.15) is 174 Å². The Labute approximate surface area is 231 Å². The Balaban J connectivity index is 3.47. The first-order chi connectivity index (χ1) is 18.1. The molecule has 0 amide bonds. The van der Waals surface area contributed by atoms with Gasteiger partial charge in [-0.1, -0.05) is 142 Å². The highest BCUT2D eigenvalue weighted by atomic mass is 16.7. The van der Waals surface area contributed by atoms with Crippen molar-refractivity contribution >= 4 is 11.9 Å². The maximum absolute atomic E-state index is 12.0. The topological polar surface area (TPSA) is 63.7 Å². The predicted octanol–water partition coefficient (Wildman–Crippen LogP) is 8.21. The molecule has 0 unspecified atom stereocenters. The highest BCUT2D eigenvalue weighted by Gasteiger charge is 2.08. The van der Waals surface area contributed by atoms with Crippen molar-refractivity contribution in [2.45, 2.75) is 174 Å². The van der Waals surface area contributed by atoms with Crippen molar-refractivity contribution in [2.24, 2.45) is 0 Å². The number of unbranched alkanes of at least 4 members (excludes halogenated alkanes) is 20. The number of hydrogen-bond acceptors (Lipinski definition) is 3. The average molecular weight is 526 g/mol. The molecule has 0 saturated heterocycles. The van der Waals surface area contributed by atoms with Crippen LogP contribution in [0.5, 0.6) is 0 Å². The monoisotopic (exact) mass is 525 g/mol. The standard InChI is InChI=1S/C32H64N2O3/c1-4-6-8-10-12-14-15-16-17-19-20-22-24-27-31(35)33-29-26-30-34(3)37-32(36)28-25-23-21-18-13-11-9-7-5-2/h4-30H2,1-3H3,(H,33,35)/p+1. The van der Waals surface area contributed by atoms with Gasteiger partial charge in [0.05, 0.1) is 6.42 Å².